The van der Waals surface area contributed by atoms with Crippen LogP contribution in [-0.4, -0.2) is 113 Å². The quantitative estimate of drug-likeness (QED) is 0.119. The van der Waals surface area contributed by atoms with Crippen LogP contribution in [0.25, 0.3) is 22.1 Å². The summed E-state index contributed by atoms with van der Waals surface area (Å²) in [5, 5.41) is 8.82. The van der Waals surface area contributed by atoms with Crippen molar-refractivity contribution in [3.05, 3.63) is 127 Å². The molecule has 0 aliphatic carbocycles. The van der Waals surface area contributed by atoms with Crippen molar-refractivity contribution in [3.63, 3.8) is 0 Å². The number of anilines is 2. The lowest BCUT2D eigenvalue weighted by molar-refractivity contribution is 0.0950. The Morgan fingerprint density at radius 1 is 0.662 bits per heavy atom. The Balaban J connectivity index is 0.000000178. The number of pyridine rings is 2. The maximum atomic E-state index is 15.1. The number of hydrogen-bond acceptors (Lipinski definition) is 12. The van der Waals surface area contributed by atoms with E-state index in [9.17, 15) is 23.6 Å². The van der Waals surface area contributed by atoms with Crippen LogP contribution in [-0.2, 0) is 11.9 Å². The van der Waals surface area contributed by atoms with Gasteiger partial charge in [-0.3, -0.25) is 24.1 Å². The van der Waals surface area contributed by atoms with E-state index in [1.807, 2.05) is 39.8 Å². The standard InChI is InChI=1S/C23H27FN6O2.C12H12BrFN2O.C11H16N4O/c1-14(2)20-23(32)28-21-17(27-20)6-4-15(19(21)24)13-29-8-10-30(11-9-29)16-5-7-18(26-12-16)22(31)25-3;1-6(2)10-12(17)16-11-8(15-10)4-3-7(5-13)9(11)14;1-12-11(16)10-3-2-9(8-14-10)15-6-4-13-5-7-15/h4-7,12,14H,8-11,13H2,1-3H3,(H,25,31)(H,28,32);3-4,6H,5H2,1-2H3,(H,16,17);2-3,8,13H,4-7H2,1H3,(H,12,16). The molecule has 0 bridgehead atoms. The number of carbonyl (C=O) groups is 2. The van der Waals surface area contributed by atoms with Gasteiger partial charge in [-0.1, -0.05) is 55.8 Å². The van der Waals surface area contributed by atoms with Crippen molar-refractivity contribution in [1.29, 1.82) is 0 Å². The van der Waals surface area contributed by atoms with Gasteiger partial charge in [-0.25, -0.2) is 28.7 Å². The Morgan fingerprint density at radius 2 is 1.11 bits per heavy atom. The smallest absolute Gasteiger partial charge is 0.270 e. The summed E-state index contributed by atoms with van der Waals surface area (Å²) in [7, 11) is 3.18. The molecule has 65 heavy (non-hydrogen) atoms. The van der Waals surface area contributed by atoms with Crippen molar-refractivity contribution in [2.24, 2.45) is 0 Å². The van der Waals surface area contributed by atoms with Gasteiger partial charge in [-0.2, -0.15) is 0 Å². The predicted molar refractivity (Wildman–Crippen MR) is 253 cm³/mol. The largest absolute Gasteiger partial charge is 0.368 e. The normalized spacial score (nSPS) is 14.2. The van der Waals surface area contributed by atoms with Crippen LogP contribution < -0.4 is 36.9 Å². The van der Waals surface area contributed by atoms with Gasteiger partial charge in [0.1, 0.15) is 33.8 Å². The highest BCUT2D eigenvalue weighted by Gasteiger charge is 2.21. The minimum absolute atomic E-state index is 0.0158. The summed E-state index contributed by atoms with van der Waals surface area (Å²) in [6.45, 7) is 15.0. The predicted octanol–water partition coefficient (Wildman–Crippen LogP) is 5.19. The van der Waals surface area contributed by atoms with Crippen LogP contribution in [0.1, 0.15) is 83.0 Å². The number of amides is 2. The lowest BCUT2D eigenvalue weighted by atomic mass is 10.1. The molecule has 0 saturated carbocycles. The minimum atomic E-state index is -0.418. The zero-order valence-corrected chi connectivity index (χ0v) is 39.0. The highest BCUT2D eigenvalue weighted by molar-refractivity contribution is 9.08. The van der Waals surface area contributed by atoms with Gasteiger partial charge in [0.15, 0.2) is 11.6 Å². The number of halogens is 3. The lowest BCUT2D eigenvalue weighted by Crippen LogP contribution is -2.46. The number of aromatic nitrogens is 6. The number of fused-ring (bicyclic) bond motifs is 2. The molecule has 4 aromatic heterocycles. The van der Waals surface area contributed by atoms with Crippen molar-refractivity contribution < 1.29 is 18.4 Å². The van der Waals surface area contributed by atoms with Crippen molar-refractivity contribution in [2.45, 2.75) is 51.4 Å². The minimum Gasteiger partial charge on any atom is -0.368 e. The molecule has 0 radical (unpaired) electrons. The Morgan fingerprint density at radius 3 is 1.52 bits per heavy atom. The second kappa shape index (κ2) is 22.1. The van der Waals surface area contributed by atoms with Gasteiger partial charge < -0.3 is 35.7 Å². The summed E-state index contributed by atoms with van der Waals surface area (Å²) < 4.78 is 29.1. The zero-order valence-electron chi connectivity index (χ0n) is 37.4. The highest BCUT2D eigenvalue weighted by atomic mass is 79.9. The van der Waals surface area contributed by atoms with E-state index in [1.54, 1.807) is 62.9 Å². The van der Waals surface area contributed by atoms with Crippen molar-refractivity contribution in [3.8, 4) is 0 Å². The second-order valence-corrected chi connectivity index (χ2v) is 16.7. The topological polar surface area (TPSA) is 197 Å². The SMILES string of the molecule is CC(C)c1nc2ccc(CBr)c(F)c2[nH]c1=O.CNC(=O)c1ccc(N2CCN(Cc3ccc4nc(C(C)C)c(=O)[nH]c4c3F)CC2)cn1.CNC(=O)c1ccc(N2CCNCC2)cn1. The van der Waals surface area contributed by atoms with Gasteiger partial charge in [-0.05, 0) is 36.4 Å². The van der Waals surface area contributed by atoms with E-state index in [0.717, 1.165) is 63.7 Å². The number of alkyl halides is 1. The molecule has 0 spiro atoms. The Hall–Kier alpha value is -6.18. The third-order valence-corrected chi connectivity index (χ3v) is 11.7. The van der Waals surface area contributed by atoms with Gasteiger partial charge in [0.25, 0.3) is 22.9 Å². The molecule has 2 aromatic carbocycles. The maximum absolute atomic E-state index is 15.1. The van der Waals surface area contributed by atoms with E-state index in [1.165, 1.54) is 0 Å². The Bertz CT molecular complexity index is 2720. The Labute approximate surface area is 383 Å². The number of carbonyl (C=O) groups excluding carboxylic acids is 2. The van der Waals surface area contributed by atoms with E-state index in [4.69, 9.17) is 0 Å². The lowest BCUT2D eigenvalue weighted by Gasteiger charge is -2.36. The molecule has 2 saturated heterocycles. The average Bonchev–Trinajstić information content (AvgIpc) is 3.33. The first-order valence-electron chi connectivity index (χ1n) is 21.5. The molecule has 19 heteroatoms. The number of nitrogens with one attached hydrogen (secondary N) is 5. The third-order valence-electron chi connectivity index (χ3n) is 11.1. The van der Waals surface area contributed by atoms with Crippen LogP contribution in [0, 0.1) is 11.6 Å². The highest BCUT2D eigenvalue weighted by Crippen LogP contribution is 2.23. The monoisotopic (exact) mass is 956 g/mol. The fraction of sp³-hybridized carbons (Fsp3) is 0.391. The number of benzene rings is 2. The number of H-pyrrole nitrogens is 2. The van der Waals surface area contributed by atoms with Crippen LogP contribution in [0.2, 0.25) is 0 Å². The molecule has 16 nitrogen and oxygen atoms in total. The molecular formula is C46H55BrF2N12O4. The van der Waals surface area contributed by atoms with Crippen LogP contribution in [0.4, 0.5) is 20.2 Å². The van der Waals surface area contributed by atoms with Crippen LogP contribution in [0.5, 0.6) is 0 Å². The van der Waals surface area contributed by atoms with Crippen LogP contribution in [0.3, 0.4) is 0 Å². The fourth-order valence-electron chi connectivity index (χ4n) is 7.37. The average molecular weight is 958 g/mol. The molecule has 0 unspecified atom stereocenters. The molecule has 6 aromatic rings. The summed E-state index contributed by atoms with van der Waals surface area (Å²) in [4.78, 5) is 75.7. The van der Waals surface area contributed by atoms with Gasteiger partial charge in [-0.15, -0.1) is 0 Å². The molecule has 8 rings (SSSR count). The molecule has 2 amide bonds. The molecule has 2 fully saturated rings. The van der Waals surface area contributed by atoms with Crippen LogP contribution >= 0.6 is 15.9 Å². The second-order valence-electron chi connectivity index (χ2n) is 16.2. The summed E-state index contributed by atoms with van der Waals surface area (Å²) in [5.74, 6) is -1.21. The summed E-state index contributed by atoms with van der Waals surface area (Å²) >= 11 is 3.20. The number of piperazine rings is 2. The van der Waals surface area contributed by atoms with Crippen molar-refractivity contribution in [2.75, 3.05) is 76.3 Å². The van der Waals surface area contributed by atoms with Gasteiger partial charge in [0, 0.05) is 101 Å². The maximum Gasteiger partial charge on any atom is 0.270 e. The first-order chi connectivity index (χ1) is 31.2. The molecule has 0 atom stereocenters. The van der Waals surface area contributed by atoms with Gasteiger partial charge in [0.05, 0.1) is 34.8 Å². The Kier molecular flexibility index (Phi) is 16.4. The number of aromatic amines is 2. The third kappa shape index (κ3) is 11.8. The number of nitrogens with zero attached hydrogens (tertiary/aromatic N) is 7. The molecule has 2 aliphatic rings. The molecule has 6 heterocycles. The van der Waals surface area contributed by atoms with E-state index < -0.39 is 11.6 Å². The number of hydrogen-bond donors (Lipinski definition) is 5. The fourth-order valence-corrected chi connectivity index (χ4v) is 7.80. The first kappa shape index (κ1) is 48.3. The molecule has 2 aliphatic heterocycles. The van der Waals surface area contributed by atoms with Gasteiger partial charge >= 0.3 is 0 Å². The van der Waals surface area contributed by atoms with E-state index in [0.29, 0.717) is 56.8 Å². The van der Waals surface area contributed by atoms with E-state index >= 15 is 4.39 Å². The van der Waals surface area contributed by atoms with Gasteiger partial charge in [0.2, 0.25) is 0 Å². The van der Waals surface area contributed by atoms with Crippen molar-refractivity contribution in [1.82, 2.24) is 50.8 Å². The summed E-state index contributed by atoms with van der Waals surface area (Å²) in [6, 6.07) is 14.2. The molecule has 344 valence electrons. The van der Waals surface area contributed by atoms with E-state index in [2.05, 4.69) is 76.5 Å². The van der Waals surface area contributed by atoms with Crippen LogP contribution in [0.15, 0.2) is 70.5 Å². The van der Waals surface area contributed by atoms with Crippen molar-refractivity contribution >= 4 is 61.2 Å². The molecular weight excluding hydrogens is 902 g/mol. The van der Waals surface area contributed by atoms with E-state index in [-0.39, 0.29) is 45.8 Å². The zero-order chi connectivity index (χ0) is 46.8. The molecule has 5 N–H and O–H groups in total. The summed E-state index contributed by atoms with van der Waals surface area (Å²) in [6.07, 6.45) is 3.47. The summed E-state index contributed by atoms with van der Waals surface area (Å²) in [5.41, 5.74) is 5.40. The first-order valence-corrected chi connectivity index (χ1v) is 22.6. The number of rotatable bonds is 9.